The molecule has 1 atom stereocenters. The van der Waals surface area contributed by atoms with Crippen LogP contribution in [-0.2, 0) is 11.3 Å². The van der Waals surface area contributed by atoms with E-state index in [9.17, 15) is 4.79 Å². The minimum absolute atomic E-state index is 0.216. The van der Waals surface area contributed by atoms with Gasteiger partial charge in [-0.25, -0.2) is 5.84 Å². The van der Waals surface area contributed by atoms with Gasteiger partial charge in [-0.2, -0.15) is 0 Å². The summed E-state index contributed by atoms with van der Waals surface area (Å²) in [7, 11) is 1.76. The number of hydrogen-bond donors (Lipinski definition) is 2. The molecule has 1 aromatic heterocycles. The molecular weight excluding hydrogens is 262 g/mol. The molecule has 0 bridgehead atoms. The van der Waals surface area contributed by atoms with E-state index in [0.29, 0.717) is 10.8 Å². The van der Waals surface area contributed by atoms with Gasteiger partial charge in [0.2, 0.25) is 0 Å². The molecule has 0 spiro atoms. The van der Waals surface area contributed by atoms with Gasteiger partial charge in [0.05, 0.1) is 11.5 Å². The van der Waals surface area contributed by atoms with Gasteiger partial charge in [-0.3, -0.25) is 15.1 Å². The maximum atomic E-state index is 11.4. The lowest BCUT2D eigenvalue weighted by Gasteiger charge is -2.31. The molecule has 1 aliphatic heterocycles. The Morgan fingerprint density at radius 1 is 1.63 bits per heavy atom. The fraction of sp³-hybridized carbons (Fsp3) is 0.615. The van der Waals surface area contributed by atoms with Gasteiger partial charge in [0.1, 0.15) is 0 Å². The maximum absolute atomic E-state index is 11.4. The number of ether oxygens (including phenoxy) is 1. The summed E-state index contributed by atoms with van der Waals surface area (Å²) in [6.45, 7) is 3.94. The van der Waals surface area contributed by atoms with Gasteiger partial charge in [-0.05, 0) is 37.4 Å². The molecule has 6 heteroatoms. The summed E-state index contributed by atoms with van der Waals surface area (Å²) in [6.07, 6.45) is 2.46. The number of nitrogens with two attached hydrogens (primary N) is 1. The van der Waals surface area contributed by atoms with Crippen LogP contribution < -0.4 is 11.3 Å². The number of methoxy groups -OCH3 is 1. The van der Waals surface area contributed by atoms with Crippen molar-refractivity contribution in [3.8, 4) is 0 Å². The van der Waals surface area contributed by atoms with Crippen LogP contribution in [0.1, 0.15) is 27.4 Å². The van der Waals surface area contributed by atoms with Crippen molar-refractivity contribution in [1.29, 1.82) is 0 Å². The highest BCUT2D eigenvalue weighted by Crippen LogP contribution is 2.22. The highest BCUT2D eigenvalue weighted by Gasteiger charge is 2.20. The van der Waals surface area contributed by atoms with Gasteiger partial charge in [0, 0.05) is 25.1 Å². The number of thiophene rings is 1. The number of carbonyl (C=O) groups is 1. The zero-order valence-corrected chi connectivity index (χ0v) is 12.0. The first-order valence-corrected chi connectivity index (χ1v) is 7.35. The second-order valence-electron chi connectivity index (χ2n) is 4.94. The monoisotopic (exact) mass is 283 g/mol. The predicted molar refractivity (Wildman–Crippen MR) is 75.8 cm³/mol. The average molecular weight is 283 g/mol. The van der Waals surface area contributed by atoms with Crippen molar-refractivity contribution >= 4 is 17.2 Å². The molecule has 1 unspecified atom stereocenters. The summed E-state index contributed by atoms with van der Waals surface area (Å²) in [5.74, 6) is 5.55. The average Bonchev–Trinajstić information content (AvgIpc) is 2.87. The Morgan fingerprint density at radius 2 is 2.47 bits per heavy atom. The minimum Gasteiger partial charge on any atom is -0.384 e. The van der Waals surface area contributed by atoms with Crippen LogP contribution in [-0.4, -0.2) is 37.6 Å². The van der Waals surface area contributed by atoms with Crippen molar-refractivity contribution < 1.29 is 9.53 Å². The lowest BCUT2D eigenvalue weighted by Crippen LogP contribution is -2.36. The van der Waals surface area contributed by atoms with Crippen LogP contribution in [0.25, 0.3) is 0 Å². The molecule has 19 heavy (non-hydrogen) atoms. The number of nitrogens with one attached hydrogen (secondary N) is 1. The second-order valence-corrected chi connectivity index (χ2v) is 6.11. The molecule has 1 aliphatic rings. The largest absolute Gasteiger partial charge is 0.384 e. The topological polar surface area (TPSA) is 67.6 Å². The van der Waals surface area contributed by atoms with Crippen LogP contribution in [0.2, 0.25) is 0 Å². The Hall–Kier alpha value is -0.950. The van der Waals surface area contributed by atoms with Crippen LogP contribution in [0.5, 0.6) is 0 Å². The molecule has 1 aromatic rings. The number of carbonyl (C=O) groups excluding carboxylic acids is 1. The smallest absolute Gasteiger partial charge is 0.275 e. The molecule has 0 radical (unpaired) electrons. The summed E-state index contributed by atoms with van der Waals surface area (Å²) in [4.78, 5) is 15.7. The number of hydrogen-bond acceptors (Lipinski definition) is 5. The quantitative estimate of drug-likeness (QED) is 0.484. The Balaban J connectivity index is 1.89. The molecule has 1 fully saturated rings. The van der Waals surface area contributed by atoms with Crippen LogP contribution in [0.15, 0.2) is 12.1 Å². The lowest BCUT2D eigenvalue weighted by molar-refractivity contribution is 0.0878. The molecule has 1 saturated heterocycles. The van der Waals surface area contributed by atoms with Gasteiger partial charge >= 0.3 is 0 Å². The van der Waals surface area contributed by atoms with E-state index in [0.717, 1.165) is 26.2 Å². The van der Waals surface area contributed by atoms with E-state index in [1.807, 2.05) is 12.1 Å². The molecule has 2 heterocycles. The summed E-state index contributed by atoms with van der Waals surface area (Å²) in [5, 5.41) is 0. The van der Waals surface area contributed by atoms with E-state index in [1.165, 1.54) is 29.1 Å². The van der Waals surface area contributed by atoms with Crippen LogP contribution in [0.3, 0.4) is 0 Å². The molecule has 0 aromatic carbocycles. The molecule has 0 aliphatic carbocycles. The van der Waals surface area contributed by atoms with Crippen molar-refractivity contribution in [3.63, 3.8) is 0 Å². The standard InChI is InChI=1S/C13H21N3O2S/c1-18-9-10-3-2-6-16(7-10)8-11-4-5-12(19-11)13(17)15-14/h4-5,10H,2-3,6-9,14H2,1H3,(H,15,17). The van der Waals surface area contributed by atoms with Gasteiger partial charge < -0.3 is 4.74 Å². The van der Waals surface area contributed by atoms with Crippen LogP contribution >= 0.6 is 11.3 Å². The number of nitrogen functional groups attached to an aromatic ring is 1. The van der Waals surface area contributed by atoms with Gasteiger partial charge in [-0.15, -0.1) is 11.3 Å². The molecule has 1 amide bonds. The van der Waals surface area contributed by atoms with Crippen molar-refractivity contribution in [1.82, 2.24) is 10.3 Å². The van der Waals surface area contributed by atoms with Crippen LogP contribution in [0, 0.1) is 5.92 Å². The Bertz CT molecular complexity index is 420. The third kappa shape index (κ3) is 4.01. The number of rotatable bonds is 5. The van der Waals surface area contributed by atoms with Crippen molar-refractivity contribution in [2.45, 2.75) is 19.4 Å². The SMILES string of the molecule is COCC1CCCN(Cc2ccc(C(=O)NN)s2)C1. The maximum Gasteiger partial charge on any atom is 0.275 e. The minimum atomic E-state index is -0.216. The van der Waals surface area contributed by atoms with E-state index in [-0.39, 0.29) is 5.91 Å². The first kappa shape index (κ1) is 14.5. The summed E-state index contributed by atoms with van der Waals surface area (Å²) >= 11 is 1.51. The second kappa shape index (κ2) is 7.00. The van der Waals surface area contributed by atoms with Gasteiger partial charge in [-0.1, -0.05) is 0 Å². The van der Waals surface area contributed by atoms with E-state index in [4.69, 9.17) is 10.6 Å². The summed E-state index contributed by atoms with van der Waals surface area (Å²) in [5.41, 5.74) is 2.16. The highest BCUT2D eigenvalue weighted by atomic mass is 32.1. The summed E-state index contributed by atoms with van der Waals surface area (Å²) in [6, 6.07) is 3.84. The molecular formula is C13H21N3O2S. The van der Waals surface area contributed by atoms with Gasteiger partial charge in [0.25, 0.3) is 5.91 Å². The molecule has 0 saturated carbocycles. The lowest BCUT2D eigenvalue weighted by atomic mass is 9.99. The fourth-order valence-electron chi connectivity index (χ4n) is 2.54. The van der Waals surface area contributed by atoms with Crippen molar-refractivity contribution in [2.24, 2.45) is 11.8 Å². The van der Waals surface area contributed by atoms with E-state index in [1.54, 1.807) is 7.11 Å². The zero-order chi connectivity index (χ0) is 13.7. The first-order valence-electron chi connectivity index (χ1n) is 6.54. The molecule has 106 valence electrons. The molecule has 2 rings (SSSR count). The van der Waals surface area contributed by atoms with Crippen molar-refractivity contribution in [3.05, 3.63) is 21.9 Å². The normalized spacial score (nSPS) is 20.4. The first-order chi connectivity index (χ1) is 9.22. The fourth-order valence-corrected chi connectivity index (χ4v) is 3.50. The molecule has 5 nitrogen and oxygen atoms in total. The third-order valence-corrected chi connectivity index (χ3v) is 4.47. The van der Waals surface area contributed by atoms with E-state index >= 15 is 0 Å². The van der Waals surface area contributed by atoms with E-state index in [2.05, 4.69) is 10.3 Å². The van der Waals surface area contributed by atoms with E-state index < -0.39 is 0 Å². The predicted octanol–water partition coefficient (Wildman–Crippen LogP) is 1.21. The third-order valence-electron chi connectivity index (χ3n) is 3.40. The molecule has 3 N–H and O–H groups in total. The zero-order valence-electron chi connectivity index (χ0n) is 11.2. The summed E-state index contributed by atoms with van der Waals surface area (Å²) < 4.78 is 5.24. The number of piperidine rings is 1. The Morgan fingerprint density at radius 3 is 3.21 bits per heavy atom. The number of nitrogens with zero attached hydrogens (tertiary/aromatic N) is 1. The Labute approximate surface area is 117 Å². The van der Waals surface area contributed by atoms with Gasteiger partial charge in [0.15, 0.2) is 0 Å². The highest BCUT2D eigenvalue weighted by molar-refractivity contribution is 7.14. The number of amides is 1. The number of likely N-dealkylation sites (tertiary alicyclic amines) is 1. The van der Waals surface area contributed by atoms with Crippen molar-refractivity contribution in [2.75, 3.05) is 26.8 Å². The van der Waals surface area contributed by atoms with Crippen LogP contribution in [0.4, 0.5) is 0 Å². The number of hydrazine groups is 1. The Kier molecular flexibility index (Phi) is 5.33.